The van der Waals surface area contributed by atoms with Crippen LogP contribution in [0.3, 0.4) is 0 Å². The van der Waals surface area contributed by atoms with E-state index >= 15 is 0 Å². The van der Waals surface area contributed by atoms with Gasteiger partial charge < -0.3 is 9.80 Å². The van der Waals surface area contributed by atoms with Crippen LogP contribution in [-0.2, 0) is 0 Å². The highest BCUT2D eigenvalue weighted by atomic mass is 15.4. The van der Waals surface area contributed by atoms with Crippen LogP contribution in [0.5, 0.6) is 0 Å². The number of allylic oxidation sites excluding steroid dienone is 3. The Hall–Kier alpha value is -2.40. The molecule has 0 N–H and O–H groups in total. The molecule has 0 unspecified atom stereocenters. The van der Waals surface area contributed by atoms with Crippen LogP contribution in [0.2, 0.25) is 0 Å². The lowest BCUT2D eigenvalue weighted by atomic mass is 9.87. The predicted octanol–water partition coefficient (Wildman–Crippen LogP) is 3.57. The van der Waals surface area contributed by atoms with E-state index in [1.165, 1.54) is 33.7 Å². The van der Waals surface area contributed by atoms with Gasteiger partial charge >= 0.3 is 0 Å². The Bertz CT molecular complexity index is 781. The van der Waals surface area contributed by atoms with Crippen molar-refractivity contribution in [1.29, 1.82) is 0 Å². The molecule has 2 aliphatic heterocycles. The van der Waals surface area contributed by atoms with Crippen LogP contribution in [0.15, 0.2) is 59.3 Å². The Kier molecular flexibility index (Phi) is 2.17. The third-order valence-corrected chi connectivity index (χ3v) is 4.36. The lowest BCUT2D eigenvalue weighted by Crippen LogP contribution is -2.37. The molecule has 2 heterocycles. The zero-order valence-corrected chi connectivity index (χ0v) is 11.9. The Morgan fingerprint density at radius 3 is 2.70 bits per heavy atom. The first-order valence-corrected chi connectivity index (χ1v) is 6.94. The van der Waals surface area contributed by atoms with Crippen LogP contribution in [-0.4, -0.2) is 23.0 Å². The van der Waals surface area contributed by atoms with Crippen LogP contribution in [0, 0.1) is 0 Å². The van der Waals surface area contributed by atoms with Crippen LogP contribution in [0.1, 0.15) is 25.0 Å². The van der Waals surface area contributed by atoms with Crippen molar-refractivity contribution in [3.8, 4) is 0 Å². The maximum Gasteiger partial charge on any atom is 0.103 e. The molecule has 20 heavy (non-hydrogen) atoms. The van der Waals surface area contributed by atoms with E-state index < -0.39 is 0 Å². The van der Waals surface area contributed by atoms with Crippen LogP contribution in [0.25, 0.3) is 11.3 Å². The molecule has 0 radical (unpaired) electrons. The standard InChI is InChI=1S/C18H16N2/c1-12-7-6-10-16-14-8-4-5-9-15(14)17-11-19(3)13(2)20(17)18(12)16/h4-5,7-9,11,13H,1-3H3/t13-/m0/s1. The fourth-order valence-corrected chi connectivity index (χ4v) is 3.22. The average molecular weight is 260 g/mol. The number of nitrogens with zero attached hydrogens (tertiary/aromatic N) is 2. The molecule has 2 nitrogen and oxygen atoms in total. The average Bonchev–Trinajstić information content (AvgIpc) is 2.76. The van der Waals surface area contributed by atoms with E-state index in [4.69, 9.17) is 0 Å². The third kappa shape index (κ3) is 1.30. The van der Waals surface area contributed by atoms with Crippen molar-refractivity contribution in [3.63, 3.8) is 0 Å². The first-order chi connectivity index (χ1) is 9.68. The summed E-state index contributed by atoms with van der Waals surface area (Å²) in [6.07, 6.45) is 4.59. The summed E-state index contributed by atoms with van der Waals surface area (Å²) in [5, 5.41) is 0. The van der Waals surface area contributed by atoms with Crippen molar-refractivity contribution in [2.75, 3.05) is 7.05 Å². The van der Waals surface area contributed by atoms with Gasteiger partial charge in [0, 0.05) is 24.4 Å². The zero-order chi connectivity index (χ0) is 13.9. The summed E-state index contributed by atoms with van der Waals surface area (Å²) >= 11 is 0. The molecule has 0 fully saturated rings. The number of fused-ring (bicyclic) bond motifs is 6. The van der Waals surface area contributed by atoms with Crippen molar-refractivity contribution in [3.05, 3.63) is 70.4 Å². The van der Waals surface area contributed by atoms with Gasteiger partial charge in [-0.3, -0.25) is 0 Å². The molecule has 98 valence electrons. The van der Waals surface area contributed by atoms with Crippen LogP contribution >= 0.6 is 0 Å². The first kappa shape index (κ1) is 11.4. The maximum absolute atomic E-state index is 3.32. The van der Waals surface area contributed by atoms with Crippen molar-refractivity contribution in [2.24, 2.45) is 0 Å². The summed E-state index contributed by atoms with van der Waals surface area (Å²) in [7, 11) is 2.13. The van der Waals surface area contributed by atoms with Gasteiger partial charge in [-0.15, -0.1) is 0 Å². The Morgan fingerprint density at radius 2 is 1.90 bits per heavy atom. The molecule has 1 aromatic carbocycles. The quantitative estimate of drug-likeness (QED) is 0.658. The van der Waals surface area contributed by atoms with Gasteiger partial charge in [-0.05, 0) is 25.5 Å². The van der Waals surface area contributed by atoms with Crippen molar-refractivity contribution >= 4 is 11.3 Å². The summed E-state index contributed by atoms with van der Waals surface area (Å²) in [5.74, 6) is 0. The van der Waals surface area contributed by atoms with E-state index in [0.717, 1.165) is 0 Å². The normalized spacial score (nSPS) is 22.4. The largest absolute Gasteiger partial charge is 0.358 e. The first-order valence-electron chi connectivity index (χ1n) is 6.94. The van der Waals surface area contributed by atoms with Gasteiger partial charge in [0.25, 0.3) is 0 Å². The molecule has 1 aliphatic carbocycles. The maximum atomic E-state index is 3.32. The van der Waals surface area contributed by atoms with Gasteiger partial charge in [0.1, 0.15) is 6.17 Å². The zero-order valence-electron chi connectivity index (χ0n) is 11.9. The number of benzene rings is 1. The molecule has 0 saturated heterocycles. The lowest BCUT2D eigenvalue weighted by Gasteiger charge is -2.38. The number of hydrogen-bond acceptors (Lipinski definition) is 2. The molecule has 0 aromatic heterocycles. The van der Waals surface area contributed by atoms with Crippen molar-refractivity contribution < 1.29 is 0 Å². The predicted molar refractivity (Wildman–Crippen MR) is 81.2 cm³/mol. The summed E-state index contributed by atoms with van der Waals surface area (Å²) in [6, 6.07) is 8.57. The highest BCUT2D eigenvalue weighted by Crippen LogP contribution is 2.47. The molecule has 1 aromatic rings. The summed E-state index contributed by atoms with van der Waals surface area (Å²) < 4.78 is 0. The second kappa shape index (κ2) is 3.80. The van der Waals surface area contributed by atoms with E-state index in [-0.39, 0.29) is 0 Å². The minimum atomic E-state index is 0.326. The Labute approximate surface area is 119 Å². The van der Waals surface area contributed by atoms with Gasteiger partial charge in [-0.2, -0.15) is 0 Å². The monoisotopic (exact) mass is 260 g/mol. The number of hydrogen-bond donors (Lipinski definition) is 0. The minimum absolute atomic E-state index is 0.326. The smallest absolute Gasteiger partial charge is 0.103 e. The summed E-state index contributed by atoms with van der Waals surface area (Å²) in [4.78, 5) is 4.68. The fraction of sp³-hybridized carbons (Fsp3) is 0.222. The molecule has 0 amide bonds. The summed E-state index contributed by atoms with van der Waals surface area (Å²) in [6.45, 7) is 4.39. The summed E-state index contributed by atoms with van der Waals surface area (Å²) in [5.41, 5.74) is 14.0. The Balaban J connectivity index is 2.10. The van der Waals surface area contributed by atoms with Gasteiger partial charge in [-0.25, -0.2) is 0 Å². The molecular formula is C18H16N2. The second-order valence-electron chi connectivity index (χ2n) is 5.55. The lowest BCUT2D eigenvalue weighted by molar-refractivity contribution is 0.242. The highest BCUT2D eigenvalue weighted by Gasteiger charge is 2.38. The SMILES string of the molecule is CC1=C2C(=C=C=C1)c1ccccc1C1=CN(C)[C@H](C)N12. The van der Waals surface area contributed by atoms with E-state index in [1.54, 1.807) is 0 Å². The van der Waals surface area contributed by atoms with Gasteiger partial charge in [0.05, 0.1) is 17.0 Å². The molecule has 0 spiro atoms. The molecule has 2 heteroatoms. The molecule has 0 bridgehead atoms. The van der Waals surface area contributed by atoms with E-state index in [1.807, 2.05) is 6.08 Å². The topological polar surface area (TPSA) is 6.48 Å². The number of rotatable bonds is 0. The molecule has 0 saturated carbocycles. The van der Waals surface area contributed by atoms with Gasteiger partial charge in [-0.1, -0.05) is 35.7 Å². The Morgan fingerprint density at radius 1 is 1.15 bits per heavy atom. The third-order valence-electron chi connectivity index (χ3n) is 4.36. The van der Waals surface area contributed by atoms with Gasteiger partial charge in [0.15, 0.2) is 0 Å². The second-order valence-corrected chi connectivity index (χ2v) is 5.55. The molecule has 3 aliphatic rings. The molecule has 4 rings (SSSR count). The van der Waals surface area contributed by atoms with Crippen molar-refractivity contribution in [1.82, 2.24) is 9.80 Å². The molecular weight excluding hydrogens is 244 g/mol. The molecule has 1 atom stereocenters. The van der Waals surface area contributed by atoms with Gasteiger partial charge in [0.2, 0.25) is 0 Å². The van der Waals surface area contributed by atoms with E-state index in [9.17, 15) is 0 Å². The van der Waals surface area contributed by atoms with Crippen LogP contribution < -0.4 is 0 Å². The van der Waals surface area contributed by atoms with E-state index in [0.29, 0.717) is 6.17 Å². The minimum Gasteiger partial charge on any atom is -0.358 e. The fourth-order valence-electron chi connectivity index (χ4n) is 3.22. The van der Waals surface area contributed by atoms with Crippen LogP contribution in [0.4, 0.5) is 0 Å². The highest BCUT2D eigenvalue weighted by molar-refractivity contribution is 5.93. The van der Waals surface area contributed by atoms with E-state index in [2.05, 4.69) is 72.6 Å². The van der Waals surface area contributed by atoms with Crippen molar-refractivity contribution in [2.45, 2.75) is 20.0 Å².